The van der Waals surface area contributed by atoms with E-state index >= 15 is 0 Å². The van der Waals surface area contributed by atoms with Crippen LogP contribution in [0.15, 0.2) is 39.6 Å². The van der Waals surface area contributed by atoms with E-state index in [1.807, 2.05) is 26.8 Å². The molecule has 1 rings (SSSR count). The third kappa shape index (κ3) is 3.15. The van der Waals surface area contributed by atoms with E-state index in [0.717, 1.165) is 22.8 Å². The van der Waals surface area contributed by atoms with E-state index in [9.17, 15) is 0 Å². The van der Waals surface area contributed by atoms with Crippen molar-refractivity contribution in [2.75, 3.05) is 20.8 Å². The second-order valence-corrected chi connectivity index (χ2v) is 3.76. The predicted molar refractivity (Wildman–Crippen MR) is 72.2 cm³/mol. The van der Waals surface area contributed by atoms with Crippen molar-refractivity contribution in [1.29, 1.82) is 0 Å². The van der Waals surface area contributed by atoms with E-state index in [-0.39, 0.29) is 0 Å². The summed E-state index contributed by atoms with van der Waals surface area (Å²) < 4.78 is 16.2. The van der Waals surface area contributed by atoms with Crippen molar-refractivity contribution >= 4 is 6.21 Å². The highest BCUT2D eigenvalue weighted by Crippen LogP contribution is 2.32. The van der Waals surface area contributed by atoms with Gasteiger partial charge in [-0.1, -0.05) is 0 Å². The van der Waals surface area contributed by atoms with E-state index in [1.54, 1.807) is 20.4 Å². The molecule has 100 valence electrons. The number of hydrogen-bond donors (Lipinski definition) is 0. The van der Waals surface area contributed by atoms with Crippen LogP contribution in [-0.4, -0.2) is 27.0 Å². The zero-order valence-electron chi connectivity index (χ0n) is 11.7. The van der Waals surface area contributed by atoms with Crippen molar-refractivity contribution in [3.05, 3.63) is 34.6 Å². The Bertz CT molecular complexity index is 417. The van der Waals surface area contributed by atoms with Crippen molar-refractivity contribution in [3.8, 4) is 0 Å². The van der Waals surface area contributed by atoms with Crippen LogP contribution in [-0.2, 0) is 14.2 Å². The van der Waals surface area contributed by atoms with Crippen molar-refractivity contribution in [2.45, 2.75) is 27.2 Å². The summed E-state index contributed by atoms with van der Waals surface area (Å²) in [6.07, 6.45) is 4.27. The van der Waals surface area contributed by atoms with Gasteiger partial charge in [0.25, 0.3) is 0 Å². The molecule has 18 heavy (non-hydrogen) atoms. The second kappa shape index (κ2) is 6.89. The third-order valence-corrected chi connectivity index (χ3v) is 2.71. The van der Waals surface area contributed by atoms with Crippen LogP contribution in [0.4, 0.5) is 0 Å². The summed E-state index contributed by atoms with van der Waals surface area (Å²) in [6.45, 7) is 6.44. The van der Waals surface area contributed by atoms with E-state index in [1.165, 1.54) is 0 Å². The number of methoxy groups -OCH3 is 2. The quantitative estimate of drug-likeness (QED) is 0.556. The minimum absolute atomic E-state index is 0.634. The smallest absolute Gasteiger partial charge is 0.158 e. The molecule has 0 N–H and O–H groups in total. The van der Waals surface area contributed by atoms with Crippen LogP contribution >= 0.6 is 0 Å². The summed E-state index contributed by atoms with van der Waals surface area (Å²) in [7, 11) is 3.27. The van der Waals surface area contributed by atoms with E-state index in [4.69, 9.17) is 14.2 Å². The maximum atomic E-state index is 5.57. The first-order valence-electron chi connectivity index (χ1n) is 6.02. The van der Waals surface area contributed by atoms with Gasteiger partial charge in [-0.3, -0.25) is 4.99 Å². The Morgan fingerprint density at radius 3 is 2.61 bits per heavy atom. The molecule has 1 aliphatic rings. The van der Waals surface area contributed by atoms with Gasteiger partial charge in [-0.2, -0.15) is 0 Å². The molecule has 0 aromatic rings. The Kier molecular flexibility index (Phi) is 5.49. The lowest BCUT2D eigenvalue weighted by Crippen LogP contribution is -2.08. The lowest BCUT2D eigenvalue weighted by atomic mass is 10.00. The highest BCUT2D eigenvalue weighted by Gasteiger charge is 2.21. The first-order valence-corrected chi connectivity index (χ1v) is 6.02. The molecule has 0 unspecified atom stereocenters. The van der Waals surface area contributed by atoms with Gasteiger partial charge >= 0.3 is 0 Å². The van der Waals surface area contributed by atoms with Gasteiger partial charge in [0.2, 0.25) is 0 Å². The minimum Gasteiger partial charge on any atom is -0.498 e. The van der Waals surface area contributed by atoms with Crippen molar-refractivity contribution in [3.63, 3.8) is 0 Å². The van der Waals surface area contributed by atoms with E-state index in [0.29, 0.717) is 18.8 Å². The predicted octanol–water partition coefficient (Wildman–Crippen LogP) is 3.18. The number of allylic oxidation sites excluding steroid dienone is 4. The van der Waals surface area contributed by atoms with Crippen LogP contribution in [0.2, 0.25) is 0 Å². The molecule has 0 aromatic carbocycles. The number of nitrogens with zero attached hydrogens (tertiary/aromatic N) is 1. The largest absolute Gasteiger partial charge is 0.498 e. The van der Waals surface area contributed by atoms with E-state index < -0.39 is 0 Å². The molecule has 0 fully saturated rings. The number of ether oxygens (including phenoxy) is 3. The molecule has 0 spiro atoms. The van der Waals surface area contributed by atoms with Gasteiger partial charge in [-0.05, 0) is 20.8 Å². The Hall–Kier alpha value is -1.71. The molecule has 0 saturated carbocycles. The molecule has 0 aliphatic heterocycles. The van der Waals surface area contributed by atoms with Gasteiger partial charge in [-0.15, -0.1) is 0 Å². The van der Waals surface area contributed by atoms with Crippen LogP contribution in [0.5, 0.6) is 0 Å². The maximum Gasteiger partial charge on any atom is 0.158 e. The zero-order chi connectivity index (χ0) is 13.5. The standard InChI is InChI=1S/C14H21NO3/c1-6-15-12-9-14(17-5)13(16-4)8-11(12)10(3)18-7-2/h6,9H,7-8H2,1-5H3/b11-10+,15-6?. The molecule has 0 radical (unpaired) electrons. The Morgan fingerprint density at radius 2 is 2.11 bits per heavy atom. The second-order valence-electron chi connectivity index (χ2n) is 3.76. The number of hydrogen-bond acceptors (Lipinski definition) is 4. The third-order valence-electron chi connectivity index (χ3n) is 2.71. The van der Waals surface area contributed by atoms with Crippen molar-refractivity contribution in [1.82, 2.24) is 0 Å². The molecule has 4 heteroatoms. The average molecular weight is 251 g/mol. The molecular weight excluding hydrogens is 230 g/mol. The van der Waals surface area contributed by atoms with Crippen LogP contribution in [0, 0.1) is 0 Å². The molecule has 0 atom stereocenters. The van der Waals surface area contributed by atoms with Crippen LogP contribution in [0.1, 0.15) is 27.2 Å². The fraction of sp³-hybridized carbons (Fsp3) is 0.500. The van der Waals surface area contributed by atoms with Gasteiger partial charge in [0.15, 0.2) is 5.76 Å². The van der Waals surface area contributed by atoms with Crippen LogP contribution in [0.3, 0.4) is 0 Å². The normalized spacial score (nSPS) is 18.8. The number of aliphatic imine (C=N–C) groups is 1. The summed E-state index contributed by atoms with van der Waals surface area (Å²) in [5, 5.41) is 0. The molecule has 0 heterocycles. The van der Waals surface area contributed by atoms with Crippen LogP contribution < -0.4 is 0 Å². The summed E-state index contributed by atoms with van der Waals surface area (Å²) in [6, 6.07) is 0. The maximum absolute atomic E-state index is 5.57. The fourth-order valence-corrected chi connectivity index (χ4v) is 1.84. The lowest BCUT2D eigenvalue weighted by Gasteiger charge is -2.20. The molecule has 1 aliphatic carbocycles. The fourth-order valence-electron chi connectivity index (χ4n) is 1.84. The van der Waals surface area contributed by atoms with Crippen molar-refractivity contribution in [2.24, 2.45) is 4.99 Å². The first kappa shape index (κ1) is 14.4. The lowest BCUT2D eigenvalue weighted by molar-refractivity contribution is 0.212. The van der Waals surface area contributed by atoms with Gasteiger partial charge in [-0.25, -0.2) is 0 Å². The topological polar surface area (TPSA) is 40.0 Å². The van der Waals surface area contributed by atoms with Gasteiger partial charge in [0.1, 0.15) is 5.76 Å². The Labute approximate surface area is 109 Å². The van der Waals surface area contributed by atoms with Gasteiger partial charge in [0.05, 0.1) is 32.3 Å². The highest BCUT2D eigenvalue weighted by molar-refractivity contribution is 5.59. The van der Waals surface area contributed by atoms with Crippen LogP contribution in [0.25, 0.3) is 0 Å². The summed E-state index contributed by atoms with van der Waals surface area (Å²) >= 11 is 0. The van der Waals surface area contributed by atoms with Gasteiger partial charge < -0.3 is 14.2 Å². The number of rotatable bonds is 5. The molecule has 4 nitrogen and oxygen atoms in total. The molecule has 0 bridgehead atoms. The van der Waals surface area contributed by atoms with Crippen molar-refractivity contribution < 1.29 is 14.2 Å². The first-order chi connectivity index (χ1) is 8.67. The molecule has 0 aromatic heterocycles. The Balaban J connectivity index is 3.21. The monoisotopic (exact) mass is 251 g/mol. The average Bonchev–Trinajstić information content (AvgIpc) is 2.38. The minimum atomic E-state index is 0.634. The summed E-state index contributed by atoms with van der Waals surface area (Å²) in [5.74, 6) is 2.38. The highest BCUT2D eigenvalue weighted by atomic mass is 16.5. The van der Waals surface area contributed by atoms with E-state index in [2.05, 4.69) is 4.99 Å². The zero-order valence-corrected chi connectivity index (χ0v) is 11.7. The Morgan fingerprint density at radius 1 is 1.39 bits per heavy atom. The van der Waals surface area contributed by atoms with Gasteiger partial charge in [0, 0.05) is 24.3 Å². The molecular formula is C14H21NO3. The molecule has 0 saturated heterocycles. The SMILES string of the molecule is CC=NC1=CC(OC)=C(OC)C/C1=C(/C)OCC. The summed E-state index contributed by atoms with van der Waals surface area (Å²) in [5.41, 5.74) is 1.90. The molecule has 0 amide bonds. The summed E-state index contributed by atoms with van der Waals surface area (Å²) in [4.78, 5) is 4.36.